The third kappa shape index (κ3) is 7.51. The third-order valence-electron chi connectivity index (χ3n) is 11.3. The van der Waals surface area contributed by atoms with Crippen LogP contribution in [0.3, 0.4) is 0 Å². The van der Waals surface area contributed by atoms with E-state index in [-0.39, 0.29) is 41.9 Å². The van der Waals surface area contributed by atoms with Gasteiger partial charge in [0.15, 0.2) is 0 Å². The number of carbonyl (C=O) groups excluding carboxylic acids is 3. The number of aryl methyl sites for hydroxylation is 1. The second kappa shape index (κ2) is 15.4. The lowest BCUT2D eigenvalue weighted by molar-refractivity contribution is -0.148. The van der Waals surface area contributed by atoms with Crippen molar-refractivity contribution < 1.29 is 23.9 Å². The number of anilines is 1. The first-order chi connectivity index (χ1) is 23.6. The first kappa shape index (κ1) is 35.7. The Hall–Kier alpha value is -3.11. The fourth-order valence-electron chi connectivity index (χ4n) is 8.55. The highest BCUT2D eigenvalue weighted by atomic mass is 35.5. The van der Waals surface area contributed by atoms with Gasteiger partial charge in [0.05, 0.1) is 47.5 Å². The number of nitrogens with one attached hydrogen (secondary N) is 1. The van der Waals surface area contributed by atoms with E-state index < -0.39 is 0 Å². The molecule has 0 radical (unpaired) electrons. The van der Waals surface area contributed by atoms with Gasteiger partial charge in [-0.1, -0.05) is 41.4 Å². The summed E-state index contributed by atoms with van der Waals surface area (Å²) in [6.45, 7) is 2.47. The number of likely N-dealkylation sites (tertiary alicyclic amines) is 2. The van der Waals surface area contributed by atoms with Gasteiger partial charge in [0.1, 0.15) is 0 Å². The predicted octanol–water partition coefficient (Wildman–Crippen LogP) is 7.47. The summed E-state index contributed by atoms with van der Waals surface area (Å²) in [6.07, 6.45) is 11.6. The van der Waals surface area contributed by atoms with Gasteiger partial charge in [-0.3, -0.25) is 19.3 Å². The Balaban J connectivity index is 1.17. The van der Waals surface area contributed by atoms with Crippen molar-refractivity contribution in [1.29, 1.82) is 0 Å². The van der Waals surface area contributed by atoms with Crippen molar-refractivity contribution in [2.75, 3.05) is 39.2 Å². The summed E-state index contributed by atoms with van der Waals surface area (Å²) < 4.78 is 12.6. The summed E-state index contributed by atoms with van der Waals surface area (Å²) in [4.78, 5) is 44.4. The molecular formula is C38H48Cl2N4O5. The molecule has 9 nitrogen and oxygen atoms in total. The molecule has 6 rings (SSSR count). The van der Waals surface area contributed by atoms with Crippen molar-refractivity contribution in [2.24, 2.45) is 18.9 Å². The number of aromatic nitrogens is 1. The normalized spacial score (nSPS) is 23.6. The van der Waals surface area contributed by atoms with Crippen molar-refractivity contribution >= 4 is 57.6 Å². The zero-order valence-corrected chi connectivity index (χ0v) is 30.3. The average molecular weight is 712 g/mol. The lowest BCUT2D eigenvalue weighted by atomic mass is 9.78. The molecule has 1 aliphatic carbocycles. The number of halogens is 2. The van der Waals surface area contributed by atoms with Gasteiger partial charge < -0.3 is 24.3 Å². The second-order valence-corrected chi connectivity index (χ2v) is 14.9. The number of esters is 1. The van der Waals surface area contributed by atoms with Crippen LogP contribution in [0.4, 0.5) is 5.69 Å². The fourth-order valence-corrected chi connectivity index (χ4v) is 9.02. The van der Waals surface area contributed by atoms with Crippen LogP contribution in [0.5, 0.6) is 0 Å². The van der Waals surface area contributed by atoms with Crippen LogP contribution >= 0.6 is 23.2 Å². The van der Waals surface area contributed by atoms with Crippen LogP contribution in [0.1, 0.15) is 80.1 Å². The van der Waals surface area contributed by atoms with Crippen LogP contribution in [0, 0.1) is 11.8 Å². The number of para-hydroxylation sites is 1. The Kier molecular flexibility index (Phi) is 11.2. The molecule has 1 N–H and O–H groups in total. The minimum atomic E-state index is -0.363. The van der Waals surface area contributed by atoms with Gasteiger partial charge >= 0.3 is 5.97 Å². The number of benzene rings is 2. The SMILES string of the molecule is COC(=O)[C@H]1CC[C@H](CC[C@@]2(N3CCC(OC)CC3)CCCN2C(=O)Cc2cc(Cl)c(NC(=O)c3cn(C)c4ccccc34)cc2Cl)CC1. The standard InChI is InChI=1S/C38H48Cl2N4O5/c1-42-24-30(29-7-4-5-8-34(29)42)36(46)41-33-23-31(39)27(21-32(33)40)22-35(45)44-18-6-16-38(44,43-19-14-28(48-2)15-20-43)17-13-25-9-11-26(12-10-25)37(47)49-3/h4-5,7-8,21,23-26,28H,6,9-20,22H2,1-3H3,(H,41,46)/t25-,26-,38-/m1/s1. The number of hydrogen-bond donors (Lipinski definition) is 1. The first-order valence-electron chi connectivity index (χ1n) is 17.6. The van der Waals surface area contributed by atoms with E-state index in [2.05, 4.69) is 15.1 Å². The van der Waals surface area contributed by atoms with E-state index in [9.17, 15) is 14.4 Å². The number of fused-ring (bicyclic) bond motifs is 1. The van der Waals surface area contributed by atoms with Gasteiger partial charge in [-0.2, -0.15) is 0 Å². The fraction of sp³-hybridized carbons (Fsp3) is 0.553. The van der Waals surface area contributed by atoms with E-state index >= 15 is 0 Å². The molecule has 0 unspecified atom stereocenters. The second-order valence-electron chi connectivity index (χ2n) is 14.1. The van der Waals surface area contributed by atoms with E-state index in [0.717, 1.165) is 88.2 Å². The molecule has 2 aromatic carbocycles. The van der Waals surface area contributed by atoms with Gasteiger partial charge in [0, 0.05) is 55.9 Å². The number of rotatable bonds is 10. The number of ether oxygens (including phenoxy) is 2. The minimum Gasteiger partial charge on any atom is -0.469 e. The molecule has 2 saturated heterocycles. The zero-order chi connectivity index (χ0) is 34.7. The molecule has 3 aromatic rings. The highest BCUT2D eigenvalue weighted by molar-refractivity contribution is 6.36. The molecule has 0 spiro atoms. The Morgan fingerprint density at radius 1 is 0.959 bits per heavy atom. The lowest BCUT2D eigenvalue weighted by Gasteiger charge is -2.50. The van der Waals surface area contributed by atoms with Gasteiger partial charge in [-0.15, -0.1) is 0 Å². The van der Waals surface area contributed by atoms with Crippen LogP contribution in [0.25, 0.3) is 10.9 Å². The molecule has 11 heteroatoms. The average Bonchev–Trinajstić information content (AvgIpc) is 3.71. The topological polar surface area (TPSA) is 93.1 Å². The van der Waals surface area contributed by atoms with Crippen LogP contribution in [-0.2, 0) is 32.5 Å². The molecule has 1 saturated carbocycles. The molecule has 3 heterocycles. The Morgan fingerprint density at radius 3 is 2.41 bits per heavy atom. The molecule has 1 atom stereocenters. The van der Waals surface area contributed by atoms with Gasteiger partial charge in [0.25, 0.3) is 5.91 Å². The molecule has 2 amide bonds. The maximum absolute atomic E-state index is 14.3. The molecule has 0 bridgehead atoms. The summed E-state index contributed by atoms with van der Waals surface area (Å²) in [5.74, 6) is 0.185. The van der Waals surface area contributed by atoms with Crippen molar-refractivity contribution in [3.63, 3.8) is 0 Å². The number of carbonyl (C=O) groups is 3. The van der Waals surface area contributed by atoms with E-state index in [1.54, 1.807) is 25.4 Å². The van der Waals surface area contributed by atoms with Crippen molar-refractivity contribution in [3.8, 4) is 0 Å². The van der Waals surface area contributed by atoms with E-state index in [1.165, 1.54) is 7.11 Å². The largest absolute Gasteiger partial charge is 0.469 e. The number of hydrogen-bond acceptors (Lipinski definition) is 6. The highest BCUT2D eigenvalue weighted by Gasteiger charge is 2.48. The third-order valence-corrected chi connectivity index (χ3v) is 12.0. The molecule has 1 aromatic heterocycles. The van der Waals surface area contributed by atoms with Crippen molar-refractivity contribution in [2.45, 2.75) is 82.4 Å². The van der Waals surface area contributed by atoms with Crippen molar-refractivity contribution in [3.05, 3.63) is 63.8 Å². The quantitative estimate of drug-likeness (QED) is 0.220. The number of amides is 2. The van der Waals surface area contributed by atoms with Crippen LogP contribution in [0.15, 0.2) is 42.6 Å². The van der Waals surface area contributed by atoms with E-state index in [4.69, 9.17) is 32.7 Å². The predicted molar refractivity (Wildman–Crippen MR) is 193 cm³/mol. The number of methoxy groups -OCH3 is 2. The molecule has 3 fully saturated rings. The smallest absolute Gasteiger partial charge is 0.308 e. The maximum Gasteiger partial charge on any atom is 0.308 e. The van der Waals surface area contributed by atoms with Gasteiger partial charge in [0.2, 0.25) is 5.91 Å². The zero-order valence-electron chi connectivity index (χ0n) is 28.8. The van der Waals surface area contributed by atoms with E-state index in [1.807, 2.05) is 35.9 Å². The van der Waals surface area contributed by atoms with Gasteiger partial charge in [-0.05, 0) is 93.9 Å². The summed E-state index contributed by atoms with van der Waals surface area (Å²) in [7, 11) is 5.15. The summed E-state index contributed by atoms with van der Waals surface area (Å²) in [5, 5.41) is 4.49. The molecule has 264 valence electrons. The summed E-state index contributed by atoms with van der Waals surface area (Å²) >= 11 is 13.5. The van der Waals surface area contributed by atoms with Crippen molar-refractivity contribution in [1.82, 2.24) is 14.4 Å². The first-order valence-corrected chi connectivity index (χ1v) is 18.4. The maximum atomic E-state index is 14.3. The molecule has 2 aliphatic heterocycles. The van der Waals surface area contributed by atoms with Gasteiger partial charge in [-0.25, -0.2) is 0 Å². The van der Waals surface area contributed by atoms with E-state index in [0.29, 0.717) is 39.3 Å². The number of piperidine rings is 1. The number of nitrogens with zero attached hydrogens (tertiary/aromatic N) is 3. The minimum absolute atomic E-state index is 0.00217. The van der Waals surface area contributed by atoms with Crippen LogP contribution in [-0.4, -0.2) is 77.8 Å². The van der Waals surface area contributed by atoms with Crippen LogP contribution in [0.2, 0.25) is 10.0 Å². The Labute approximate surface area is 299 Å². The highest BCUT2D eigenvalue weighted by Crippen LogP contribution is 2.43. The Bertz CT molecular complexity index is 1680. The molecule has 49 heavy (non-hydrogen) atoms. The summed E-state index contributed by atoms with van der Waals surface area (Å²) in [5.41, 5.74) is 2.18. The Morgan fingerprint density at radius 2 is 1.69 bits per heavy atom. The summed E-state index contributed by atoms with van der Waals surface area (Å²) in [6, 6.07) is 11.1. The monoisotopic (exact) mass is 710 g/mol. The van der Waals surface area contributed by atoms with Crippen LogP contribution < -0.4 is 5.32 Å². The molecule has 3 aliphatic rings. The molecular weight excluding hydrogens is 663 g/mol. The lowest BCUT2D eigenvalue weighted by Crippen LogP contribution is -2.61.